The maximum absolute atomic E-state index is 6.28. The molecule has 0 saturated heterocycles. The minimum Gasteiger partial charge on any atom is -0.398 e. The Kier molecular flexibility index (Phi) is 2.52. The van der Waals surface area contributed by atoms with E-state index in [1.165, 1.54) is 0 Å². The van der Waals surface area contributed by atoms with Crippen molar-refractivity contribution in [2.75, 3.05) is 24.7 Å². The lowest BCUT2D eigenvalue weighted by atomic mass is 10.1. The summed E-state index contributed by atoms with van der Waals surface area (Å²) < 4.78 is 0. The molecule has 96 valence electrons. The molecule has 0 aliphatic heterocycles. The number of nitrogen functional groups attached to an aromatic ring is 1. The summed E-state index contributed by atoms with van der Waals surface area (Å²) in [6.07, 6.45) is 1.80. The standard InChI is InChI=1S/C15H16N4/c1-9-6-14-12(8-17-9)15(16)11-7-10(19(2)3)4-5-13(11)18-14/h4-8H,1-3H3,(H2,16,18). The molecular formula is C15H16N4. The van der Waals surface area contributed by atoms with Gasteiger partial charge in [-0.15, -0.1) is 0 Å². The Labute approximate surface area is 111 Å². The molecule has 0 atom stereocenters. The van der Waals surface area contributed by atoms with Crippen LogP contribution in [0.2, 0.25) is 0 Å². The van der Waals surface area contributed by atoms with E-state index in [4.69, 9.17) is 5.73 Å². The van der Waals surface area contributed by atoms with Gasteiger partial charge in [-0.25, -0.2) is 4.98 Å². The van der Waals surface area contributed by atoms with E-state index in [0.29, 0.717) is 0 Å². The maximum Gasteiger partial charge on any atom is 0.0764 e. The number of nitrogens with two attached hydrogens (primary N) is 1. The normalized spacial score (nSPS) is 11.1. The number of fused-ring (bicyclic) bond motifs is 2. The first kappa shape index (κ1) is 11.7. The van der Waals surface area contributed by atoms with Gasteiger partial charge in [0, 0.05) is 42.4 Å². The van der Waals surface area contributed by atoms with Gasteiger partial charge in [-0.05, 0) is 31.2 Å². The molecule has 0 aliphatic rings. The molecule has 0 aliphatic carbocycles. The molecule has 0 amide bonds. The average Bonchev–Trinajstić information content (AvgIpc) is 2.38. The number of hydrogen-bond acceptors (Lipinski definition) is 4. The Morgan fingerprint density at radius 2 is 1.84 bits per heavy atom. The molecule has 4 nitrogen and oxygen atoms in total. The van der Waals surface area contributed by atoms with E-state index in [-0.39, 0.29) is 0 Å². The minimum absolute atomic E-state index is 0.746. The smallest absolute Gasteiger partial charge is 0.0764 e. The van der Waals surface area contributed by atoms with E-state index in [0.717, 1.165) is 38.9 Å². The Bertz CT molecular complexity index is 778. The third-order valence-electron chi connectivity index (χ3n) is 3.34. The number of pyridine rings is 2. The zero-order chi connectivity index (χ0) is 13.6. The second kappa shape index (κ2) is 4.09. The van der Waals surface area contributed by atoms with Gasteiger partial charge in [-0.2, -0.15) is 0 Å². The predicted octanol–water partition coefficient (Wildman–Crippen LogP) is 2.74. The Morgan fingerprint density at radius 1 is 1.05 bits per heavy atom. The Morgan fingerprint density at radius 3 is 2.58 bits per heavy atom. The van der Waals surface area contributed by atoms with Crippen molar-refractivity contribution in [2.24, 2.45) is 0 Å². The maximum atomic E-state index is 6.28. The molecule has 2 N–H and O–H groups in total. The summed E-state index contributed by atoms with van der Waals surface area (Å²) in [7, 11) is 4.02. The van der Waals surface area contributed by atoms with Crippen molar-refractivity contribution in [1.29, 1.82) is 0 Å². The molecule has 3 rings (SSSR count). The van der Waals surface area contributed by atoms with Gasteiger partial charge in [0.15, 0.2) is 0 Å². The van der Waals surface area contributed by atoms with E-state index in [1.54, 1.807) is 6.20 Å². The molecule has 0 unspecified atom stereocenters. The number of benzene rings is 1. The summed E-state index contributed by atoms with van der Waals surface area (Å²) in [6.45, 7) is 1.96. The zero-order valence-electron chi connectivity index (χ0n) is 11.3. The number of aromatic nitrogens is 2. The van der Waals surface area contributed by atoms with Crippen LogP contribution in [0.1, 0.15) is 5.69 Å². The van der Waals surface area contributed by atoms with E-state index in [9.17, 15) is 0 Å². The van der Waals surface area contributed by atoms with Gasteiger partial charge >= 0.3 is 0 Å². The van der Waals surface area contributed by atoms with Crippen molar-refractivity contribution in [3.05, 3.63) is 36.2 Å². The number of hydrogen-bond donors (Lipinski definition) is 1. The third kappa shape index (κ3) is 1.85. The second-order valence-corrected chi connectivity index (χ2v) is 4.96. The molecule has 0 spiro atoms. The van der Waals surface area contributed by atoms with Crippen LogP contribution in [0.4, 0.5) is 11.4 Å². The van der Waals surface area contributed by atoms with E-state index >= 15 is 0 Å². The van der Waals surface area contributed by atoms with Gasteiger partial charge in [0.25, 0.3) is 0 Å². The largest absolute Gasteiger partial charge is 0.398 e. The van der Waals surface area contributed by atoms with Gasteiger partial charge in [0.1, 0.15) is 0 Å². The van der Waals surface area contributed by atoms with E-state index < -0.39 is 0 Å². The molecular weight excluding hydrogens is 236 g/mol. The molecule has 2 heterocycles. The Hall–Kier alpha value is -2.36. The SMILES string of the molecule is Cc1cc2nc3ccc(N(C)C)cc3c(N)c2cn1. The van der Waals surface area contributed by atoms with Crippen LogP contribution in [-0.2, 0) is 0 Å². The molecule has 0 bridgehead atoms. The van der Waals surface area contributed by atoms with Crippen LogP contribution in [0.3, 0.4) is 0 Å². The summed E-state index contributed by atoms with van der Waals surface area (Å²) in [5, 5.41) is 1.89. The van der Waals surface area contributed by atoms with Gasteiger partial charge in [0.05, 0.1) is 16.7 Å². The average molecular weight is 252 g/mol. The minimum atomic E-state index is 0.746. The predicted molar refractivity (Wildman–Crippen MR) is 80.5 cm³/mol. The number of aryl methyl sites for hydroxylation is 1. The highest BCUT2D eigenvalue weighted by molar-refractivity contribution is 6.06. The van der Waals surface area contributed by atoms with Crippen LogP contribution in [0.25, 0.3) is 21.8 Å². The van der Waals surface area contributed by atoms with Crippen LogP contribution >= 0.6 is 0 Å². The van der Waals surface area contributed by atoms with Crippen LogP contribution < -0.4 is 10.6 Å². The molecule has 4 heteroatoms. The fraction of sp³-hybridized carbons (Fsp3) is 0.200. The second-order valence-electron chi connectivity index (χ2n) is 4.96. The fourth-order valence-electron chi connectivity index (χ4n) is 2.24. The Balaban J connectivity index is 2.40. The van der Waals surface area contributed by atoms with Crippen molar-refractivity contribution in [3.8, 4) is 0 Å². The first-order valence-electron chi connectivity index (χ1n) is 6.19. The highest BCUT2D eigenvalue weighted by Gasteiger charge is 2.08. The quantitative estimate of drug-likeness (QED) is 0.677. The van der Waals surface area contributed by atoms with E-state index in [1.807, 2.05) is 33.2 Å². The highest BCUT2D eigenvalue weighted by atomic mass is 15.1. The van der Waals surface area contributed by atoms with E-state index in [2.05, 4.69) is 27.0 Å². The summed E-state index contributed by atoms with van der Waals surface area (Å²) >= 11 is 0. The molecule has 1 aromatic carbocycles. The number of rotatable bonds is 1. The van der Waals surface area contributed by atoms with Crippen molar-refractivity contribution < 1.29 is 0 Å². The molecule has 0 fully saturated rings. The van der Waals surface area contributed by atoms with Crippen molar-refractivity contribution in [3.63, 3.8) is 0 Å². The first-order chi connectivity index (χ1) is 9.06. The summed E-state index contributed by atoms with van der Waals surface area (Å²) in [5.74, 6) is 0. The van der Waals surface area contributed by atoms with Crippen molar-refractivity contribution in [2.45, 2.75) is 6.92 Å². The lowest BCUT2D eigenvalue weighted by molar-refractivity contribution is 1.13. The lowest BCUT2D eigenvalue weighted by Crippen LogP contribution is -2.08. The fourth-order valence-corrected chi connectivity index (χ4v) is 2.24. The zero-order valence-corrected chi connectivity index (χ0v) is 11.3. The topological polar surface area (TPSA) is 55.0 Å². The van der Waals surface area contributed by atoms with Crippen LogP contribution in [0.5, 0.6) is 0 Å². The molecule has 0 radical (unpaired) electrons. The summed E-state index contributed by atoms with van der Waals surface area (Å²) in [5.41, 5.74) is 10.9. The first-order valence-corrected chi connectivity index (χ1v) is 6.19. The molecule has 2 aromatic heterocycles. The highest BCUT2D eigenvalue weighted by Crippen LogP contribution is 2.30. The monoisotopic (exact) mass is 252 g/mol. The van der Waals surface area contributed by atoms with Gasteiger partial charge in [-0.3, -0.25) is 4.98 Å². The van der Waals surface area contributed by atoms with Gasteiger partial charge < -0.3 is 10.6 Å². The number of anilines is 2. The summed E-state index contributed by atoms with van der Waals surface area (Å²) in [6, 6.07) is 8.09. The van der Waals surface area contributed by atoms with Crippen molar-refractivity contribution >= 4 is 33.2 Å². The van der Waals surface area contributed by atoms with Crippen LogP contribution in [0.15, 0.2) is 30.5 Å². The number of nitrogens with zero attached hydrogens (tertiary/aromatic N) is 3. The van der Waals surface area contributed by atoms with Crippen LogP contribution in [0, 0.1) is 6.92 Å². The molecule has 3 aromatic rings. The van der Waals surface area contributed by atoms with Gasteiger partial charge in [-0.1, -0.05) is 0 Å². The molecule has 0 saturated carbocycles. The van der Waals surface area contributed by atoms with Gasteiger partial charge in [0.2, 0.25) is 0 Å². The third-order valence-corrected chi connectivity index (χ3v) is 3.34. The lowest BCUT2D eigenvalue weighted by Gasteiger charge is -2.14. The van der Waals surface area contributed by atoms with Crippen LogP contribution in [-0.4, -0.2) is 24.1 Å². The molecule has 19 heavy (non-hydrogen) atoms. The summed E-state index contributed by atoms with van der Waals surface area (Å²) in [4.78, 5) is 11.0. The van der Waals surface area contributed by atoms with Crippen molar-refractivity contribution in [1.82, 2.24) is 9.97 Å².